The number of aryl methyl sites for hydroxylation is 1. The maximum absolute atomic E-state index is 12.8. The lowest BCUT2D eigenvalue weighted by atomic mass is 10.2. The number of aromatic nitrogens is 4. The molecular weight excluding hydrogens is 372 g/mol. The highest BCUT2D eigenvalue weighted by Crippen LogP contribution is 2.28. The highest BCUT2D eigenvalue weighted by Gasteiger charge is 2.26. The number of hydrogen-bond donors (Lipinski definition) is 0. The fourth-order valence-corrected chi connectivity index (χ4v) is 4.60. The van der Waals surface area contributed by atoms with Crippen molar-refractivity contribution >= 4 is 39.7 Å². The third kappa shape index (κ3) is 3.46. The number of thioether (sulfide) groups is 1. The van der Waals surface area contributed by atoms with Crippen molar-refractivity contribution in [3.05, 3.63) is 24.3 Å². The number of likely N-dealkylation sites (N-methyl/N-ethyl adjacent to an activating group) is 1. The van der Waals surface area contributed by atoms with Gasteiger partial charge in [-0.05, 0) is 26.5 Å². The zero-order valence-corrected chi connectivity index (χ0v) is 17.4. The summed E-state index contributed by atoms with van der Waals surface area (Å²) < 4.78 is 2.15. The van der Waals surface area contributed by atoms with E-state index in [-0.39, 0.29) is 11.2 Å². The Bertz CT molecular complexity index is 995. The van der Waals surface area contributed by atoms with Crippen molar-refractivity contribution in [3.8, 4) is 0 Å². The van der Waals surface area contributed by atoms with Gasteiger partial charge in [0.2, 0.25) is 11.1 Å². The van der Waals surface area contributed by atoms with Gasteiger partial charge in [0.25, 0.3) is 0 Å². The molecule has 3 aromatic rings. The van der Waals surface area contributed by atoms with Crippen molar-refractivity contribution in [2.24, 2.45) is 0 Å². The number of benzene rings is 1. The van der Waals surface area contributed by atoms with Crippen molar-refractivity contribution in [1.29, 1.82) is 0 Å². The van der Waals surface area contributed by atoms with Crippen LogP contribution in [0.15, 0.2) is 29.4 Å². The maximum atomic E-state index is 12.8. The summed E-state index contributed by atoms with van der Waals surface area (Å²) >= 11 is 1.39. The van der Waals surface area contributed by atoms with Crippen LogP contribution in [0.25, 0.3) is 22.1 Å². The van der Waals surface area contributed by atoms with E-state index in [2.05, 4.69) is 45.6 Å². The second-order valence-corrected chi connectivity index (χ2v) is 8.36. The molecule has 8 heteroatoms. The Morgan fingerprint density at radius 2 is 1.86 bits per heavy atom. The zero-order chi connectivity index (χ0) is 19.7. The van der Waals surface area contributed by atoms with Crippen LogP contribution in [0.1, 0.15) is 20.8 Å². The Morgan fingerprint density at radius 1 is 1.11 bits per heavy atom. The van der Waals surface area contributed by atoms with Crippen LogP contribution >= 0.6 is 11.8 Å². The minimum atomic E-state index is -0.230. The molecule has 1 aliphatic heterocycles. The smallest absolute Gasteiger partial charge is 0.235 e. The third-order valence-electron chi connectivity index (χ3n) is 5.43. The van der Waals surface area contributed by atoms with E-state index in [1.807, 2.05) is 24.0 Å². The molecule has 1 fully saturated rings. The van der Waals surface area contributed by atoms with Gasteiger partial charge in [-0.1, -0.05) is 36.9 Å². The lowest BCUT2D eigenvalue weighted by Crippen LogP contribution is -2.50. The Labute approximate surface area is 169 Å². The molecule has 1 amide bonds. The summed E-state index contributed by atoms with van der Waals surface area (Å²) in [7, 11) is 0. The molecule has 1 atom stereocenters. The first-order chi connectivity index (χ1) is 13.6. The molecule has 148 valence electrons. The molecule has 1 saturated heterocycles. The van der Waals surface area contributed by atoms with Gasteiger partial charge in [0.05, 0.1) is 10.8 Å². The number of rotatable bonds is 5. The summed E-state index contributed by atoms with van der Waals surface area (Å²) in [5, 5.41) is 10.1. The van der Waals surface area contributed by atoms with Crippen molar-refractivity contribution in [1.82, 2.24) is 29.5 Å². The Morgan fingerprint density at radius 3 is 2.57 bits per heavy atom. The highest BCUT2D eigenvalue weighted by atomic mass is 32.2. The largest absolute Gasteiger partial charge is 0.339 e. The molecular formula is C20H26N6OS. The van der Waals surface area contributed by atoms with Gasteiger partial charge in [0.15, 0.2) is 5.65 Å². The molecule has 0 spiro atoms. The summed E-state index contributed by atoms with van der Waals surface area (Å²) in [5.41, 5.74) is 2.76. The topological polar surface area (TPSA) is 67.2 Å². The average Bonchev–Trinajstić information content (AvgIpc) is 3.06. The first kappa shape index (κ1) is 19.1. The van der Waals surface area contributed by atoms with Crippen LogP contribution in [-0.4, -0.2) is 73.4 Å². The molecule has 7 nitrogen and oxygen atoms in total. The number of nitrogens with zero attached hydrogens (tertiary/aromatic N) is 6. The Hall–Kier alpha value is -2.19. The van der Waals surface area contributed by atoms with Crippen LogP contribution in [0.2, 0.25) is 0 Å². The molecule has 3 heterocycles. The quantitative estimate of drug-likeness (QED) is 0.616. The van der Waals surface area contributed by atoms with Gasteiger partial charge in [-0.15, -0.1) is 10.2 Å². The standard InChI is InChI=1S/C20H26N6OS/c1-4-24-10-12-25(13-11-24)19(27)14(3)28-20-21-18-17(22-23-20)15-8-6-7-9-16(15)26(18)5-2/h6-9,14H,4-5,10-13H2,1-3H3/t14-/m0/s1. The van der Waals surface area contributed by atoms with Gasteiger partial charge >= 0.3 is 0 Å². The zero-order valence-electron chi connectivity index (χ0n) is 16.6. The summed E-state index contributed by atoms with van der Waals surface area (Å²) in [6, 6.07) is 8.16. The van der Waals surface area contributed by atoms with Crippen LogP contribution in [-0.2, 0) is 11.3 Å². The monoisotopic (exact) mass is 398 g/mol. The molecule has 0 aliphatic carbocycles. The molecule has 1 aromatic carbocycles. The van der Waals surface area contributed by atoms with Crippen molar-refractivity contribution < 1.29 is 4.79 Å². The van der Waals surface area contributed by atoms with E-state index >= 15 is 0 Å². The van der Waals surface area contributed by atoms with E-state index < -0.39 is 0 Å². The van der Waals surface area contributed by atoms with Crippen LogP contribution in [0.5, 0.6) is 0 Å². The van der Waals surface area contributed by atoms with E-state index in [0.29, 0.717) is 5.16 Å². The van der Waals surface area contributed by atoms with Gasteiger partial charge in [0.1, 0.15) is 5.52 Å². The first-order valence-electron chi connectivity index (χ1n) is 9.91. The van der Waals surface area contributed by atoms with Gasteiger partial charge in [0, 0.05) is 38.1 Å². The van der Waals surface area contributed by atoms with Crippen LogP contribution in [0.4, 0.5) is 0 Å². The van der Waals surface area contributed by atoms with E-state index in [1.165, 1.54) is 11.8 Å². The van der Waals surface area contributed by atoms with E-state index in [9.17, 15) is 4.79 Å². The summed E-state index contributed by atoms with van der Waals surface area (Å²) in [6.45, 7) is 11.5. The predicted octanol–water partition coefficient (Wildman–Crippen LogP) is 2.64. The lowest BCUT2D eigenvalue weighted by Gasteiger charge is -2.35. The molecule has 28 heavy (non-hydrogen) atoms. The second-order valence-electron chi connectivity index (χ2n) is 7.05. The molecule has 0 saturated carbocycles. The normalized spacial score (nSPS) is 16.8. The minimum Gasteiger partial charge on any atom is -0.339 e. The van der Waals surface area contributed by atoms with Crippen LogP contribution in [0, 0.1) is 0 Å². The Balaban J connectivity index is 1.54. The number of piperazine rings is 1. The molecule has 0 bridgehead atoms. The van der Waals surface area contributed by atoms with E-state index in [0.717, 1.165) is 61.3 Å². The average molecular weight is 399 g/mol. The fraction of sp³-hybridized carbons (Fsp3) is 0.500. The molecule has 4 rings (SSSR count). The highest BCUT2D eigenvalue weighted by molar-refractivity contribution is 8.00. The third-order valence-corrected chi connectivity index (χ3v) is 6.37. The van der Waals surface area contributed by atoms with Gasteiger partial charge < -0.3 is 14.4 Å². The van der Waals surface area contributed by atoms with Crippen LogP contribution in [0.3, 0.4) is 0 Å². The summed E-state index contributed by atoms with van der Waals surface area (Å²) in [5.74, 6) is 0.153. The SMILES string of the molecule is CCN1CCN(C(=O)[C@H](C)Sc2nnc3c4ccccc4n(CC)c3n2)CC1. The number of carbonyl (C=O) groups excluding carboxylic acids is 1. The van der Waals surface area contributed by atoms with Crippen molar-refractivity contribution in [2.45, 2.75) is 37.7 Å². The molecule has 0 radical (unpaired) electrons. The molecule has 1 aliphatic rings. The van der Waals surface area contributed by atoms with E-state index in [4.69, 9.17) is 4.98 Å². The van der Waals surface area contributed by atoms with Crippen LogP contribution < -0.4 is 0 Å². The molecule has 2 aromatic heterocycles. The number of fused-ring (bicyclic) bond motifs is 3. The number of hydrogen-bond acceptors (Lipinski definition) is 6. The fourth-order valence-electron chi connectivity index (χ4n) is 3.81. The second kappa shape index (κ2) is 8.05. The molecule has 0 unspecified atom stereocenters. The summed E-state index contributed by atoms with van der Waals surface area (Å²) in [6.07, 6.45) is 0. The maximum Gasteiger partial charge on any atom is 0.235 e. The Kier molecular flexibility index (Phi) is 5.50. The predicted molar refractivity (Wildman–Crippen MR) is 113 cm³/mol. The molecule has 0 N–H and O–H groups in total. The van der Waals surface area contributed by atoms with E-state index in [1.54, 1.807) is 0 Å². The minimum absolute atomic E-state index is 0.153. The van der Waals surface area contributed by atoms with Gasteiger partial charge in [-0.2, -0.15) is 0 Å². The lowest BCUT2D eigenvalue weighted by molar-refractivity contribution is -0.132. The van der Waals surface area contributed by atoms with Crippen molar-refractivity contribution in [2.75, 3.05) is 32.7 Å². The first-order valence-corrected chi connectivity index (χ1v) is 10.8. The summed E-state index contributed by atoms with van der Waals surface area (Å²) in [4.78, 5) is 21.9. The van der Waals surface area contributed by atoms with Gasteiger partial charge in [-0.25, -0.2) is 4.98 Å². The number of carbonyl (C=O) groups is 1. The van der Waals surface area contributed by atoms with Gasteiger partial charge in [-0.3, -0.25) is 4.79 Å². The number of amides is 1. The van der Waals surface area contributed by atoms with Crippen molar-refractivity contribution in [3.63, 3.8) is 0 Å². The number of para-hydroxylation sites is 1.